The Morgan fingerprint density at radius 1 is 1.37 bits per heavy atom. The van der Waals surface area contributed by atoms with Gasteiger partial charge < -0.3 is 15.3 Å². The maximum atomic E-state index is 12.4. The van der Waals surface area contributed by atoms with E-state index in [1.54, 1.807) is 12.1 Å². The van der Waals surface area contributed by atoms with Crippen molar-refractivity contribution < 1.29 is 9.90 Å². The van der Waals surface area contributed by atoms with Crippen molar-refractivity contribution in [1.82, 2.24) is 10.2 Å². The molecule has 19 heavy (non-hydrogen) atoms. The first-order valence-electron chi connectivity index (χ1n) is 6.92. The van der Waals surface area contributed by atoms with Crippen LogP contribution >= 0.6 is 0 Å². The van der Waals surface area contributed by atoms with Crippen LogP contribution in [-0.2, 0) is 11.2 Å². The van der Waals surface area contributed by atoms with Crippen molar-refractivity contribution in [2.24, 2.45) is 0 Å². The number of carbonyl (C=O) groups is 1. The van der Waals surface area contributed by atoms with Gasteiger partial charge in [0.2, 0.25) is 5.91 Å². The van der Waals surface area contributed by atoms with Crippen molar-refractivity contribution in [3.8, 4) is 5.75 Å². The lowest BCUT2D eigenvalue weighted by molar-refractivity contribution is -0.134. The zero-order valence-electron chi connectivity index (χ0n) is 11.4. The molecule has 1 aliphatic rings. The second-order valence-electron chi connectivity index (χ2n) is 5.14. The number of benzene rings is 1. The summed E-state index contributed by atoms with van der Waals surface area (Å²) < 4.78 is 0. The molecule has 1 fully saturated rings. The number of amides is 1. The summed E-state index contributed by atoms with van der Waals surface area (Å²) in [6.45, 7) is 1.73. The number of likely N-dealkylation sites (N-methyl/N-ethyl adjacent to an activating group) is 1. The number of nitrogens with one attached hydrogen (secondary N) is 1. The van der Waals surface area contributed by atoms with Crippen LogP contribution in [0.5, 0.6) is 5.75 Å². The minimum Gasteiger partial charge on any atom is -0.508 e. The number of carbonyl (C=O) groups excluding carboxylic acids is 1. The highest BCUT2D eigenvalue weighted by Gasteiger charge is 2.25. The van der Waals surface area contributed by atoms with E-state index in [0.717, 1.165) is 31.5 Å². The number of phenols is 1. The first kappa shape index (κ1) is 13.9. The minimum absolute atomic E-state index is 0.186. The molecule has 1 aliphatic heterocycles. The van der Waals surface area contributed by atoms with E-state index >= 15 is 0 Å². The maximum absolute atomic E-state index is 12.4. The van der Waals surface area contributed by atoms with Crippen molar-refractivity contribution in [1.29, 1.82) is 0 Å². The zero-order valence-corrected chi connectivity index (χ0v) is 11.4. The van der Waals surface area contributed by atoms with Crippen molar-refractivity contribution in [2.45, 2.75) is 31.7 Å². The van der Waals surface area contributed by atoms with Gasteiger partial charge in [0.15, 0.2) is 0 Å². The highest BCUT2D eigenvalue weighted by molar-refractivity contribution is 5.79. The van der Waals surface area contributed by atoms with E-state index in [-0.39, 0.29) is 11.7 Å². The third-order valence-corrected chi connectivity index (χ3v) is 3.68. The molecule has 1 atom stereocenters. The Balaban J connectivity index is 1.99. The summed E-state index contributed by atoms with van der Waals surface area (Å²) in [5.41, 5.74) is 0.955. The van der Waals surface area contributed by atoms with Gasteiger partial charge in [-0.15, -0.1) is 0 Å². The van der Waals surface area contributed by atoms with Crippen LogP contribution in [0.3, 0.4) is 0 Å². The number of aromatic hydroxyl groups is 1. The molecular weight excluding hydrogens is 240 g/mol. The van der Waals surface area contributed by atoms with Gasteiger partial charge in [-0.1, -0.05) is 12.1 Å². The van der Waals surface area contributed by atoms with E-state index in [9.17, 15) is 9.90 Å². The third kappa shape index (κ3) is 3.70. The van der Waals surface area contributed by atoms with Crippen LogP contribution in [0.1, 0.15) is 24.8 Å². The average molecular weight is 262 g/mol. The van der Waals surface area contributed by atoms with E-state index in [2.05, 4.69) is 5.32 Å². The van der Waals surface area contributed by atoms with Crippen LogP contribution in [0.25, 0.3) is 0 Å². The van der Waals surface area contributed by atoms with Crippen molar-refractivity contribution in [3.63, 3.8) is 0 Å². The smallest absolute Gasteiger partial charge is 0.227 e. The molecule has 104 valence electrons. The third-order valence-electron chi connectivity index (χ3n) is 3.68. The van der Waals surface area contributed by atoms with Gasteiger partial charge >= 0.3 is 0 Å². The van der Waals surface area contributed by atoms with Crippen LogP contribution in [0.15, 0.2) is 24.3 Å². The molecule has 1 unspecified atom stereocenters. The summed E-state index contributed by atoms with van der Waals surface area (Å²) in [6.07, 6.45) is 3.81. The highest BCUT2D eigenvalue weighted by Crippen LogP contribution is 2.18. The number of hydrogen-bond donors (Lipinski definition) is 2. The molecule has 0 aromatic heterocycles. The first-order chi connectivity index (χ1) is 9.20. The van der Waals surface area contributed by atoms with E-state index in [0.29, 0.717) is 12.5 Å². The lowest BCUT2D eigenvalue weighted by atomic mass is 10.0. The maximum Gasteiger partial charge on any atom is 0.227 e. The molecule has 2 rings (SSSR count). The number of nitrogens with zero attached hydrogens (tertiary/aromatic N) is 1. The molecule has 0 saturated carbocycles. The summed E-state index contributed by atoms with van der Waals surface area (Å²) in [7, 11) is 1.93. The van der Waals surface area contributed by atoms with Gasteiger partial charge in [-0.2, -0.15) is 0 Å². The molecule has 0 spiro atoms. The van der Waals surface area contributed by atoms with Crippen LogP contribution in [0, 0.1) is 0 Å². The zero-order chi connectivity index (χ0) is 13.7. The second-order valence-corrected chi connectivity index (χ2v) is 5.14. The Kier molecular flexibility index (Phi) is 4.80. The van der Waals surface area contributed by atoms with E-state index in [1.165, 1.54) is 6.42 Å². The summed E-state index contributed by atoms with van der Waals surface area (Å²) in [6, 6.07) is 7.20. The number of piperidine rings is 1. The SMILES string of the molecule is CNCC1CCCCN1C(=O)Cc1ccc(O)cc1. The number of phenolic OH excluding ortho intramolecular Hbond substituents is 1. The Morgan fingerprint density at radius 3 is 2.79 bits per heavy atom. The fraction of sp³-hybridized carbons (Fsp3) is 0.533. The van der Waals surface area contributed by atoms with Gasteiger partial charge in [-0.05, 0) is 44.0 Å². The second kappa shape index (κ2) is 6.57. The molecule has 1 aromatic rings. The fourth-order valence-corrected chi connectivity index (χ4v) is 2.67. The quantitative estimate of drug-likeness (QED) is 0.865. The molecule has 0 radical (unpaired) electrons. The molecule has 2 N–H and O–H groups in total. The van der Waals surface area contributed by atoms with E-state index in [1.807, 2.05) is 24.1 Å². The predicted molar refractivity (Wildman–Crippen MR) is 75.1 cm³/mol. The molecule has 1 heterocycles. The van der Waals surface area contributed by atoms with Crippen LogP contribution < -0.4 is 5.32 Å². The first-order valence-corrected chi connectivity index (χ1v) is 6.92. The molecule has 0 aliphatic carbocycles. The van der Waals surface area contributed by atoms with Crippen LogP contribution in [0.4, 0.5) is 0 Å². The van der Waals surface area contributed by atoms with Gasteiger partial charge in [0.1, 0.15) is 5.75 Å². The Morgan fingerprint density at radius 2 is 2.11 bits per heavy atom. The van der Waals surface area contributed by atoms with Gasteiger partial charge in [-0.25, -0.2) is 0 Å². The predicted octanol–water partition coefficient (Wildman–Crippen LogP) is 1.54. The molecule has 1 saturated heterocycles. The summed E-state index contributed by atoms with van der Waals surface area (Å²) in [4.78, 5) is 14.4. The van der Waals surface area contributed by atoms with E-state index < -0.39 is 0 Å². The lowest BCUT2D eigenvalue weighted by Gasteiger charge is -2.36. The molecule has 0 bridgehead atoms. The standard InChI is InChI=1S/C15H22N2O2/c1-16-11-13-4-2-3-9-17(13)15(19)10-12-5-7-14(18)8-6-12/h5-8,13,16,18H,2-4,9-11H2,1H3. The average Bonchev–Trinajstić information content (AvgIpc) is 2.42. The molecule has 4 nitrogen and oxygen atoms in total. The molecule has 1 aromatic carbocycles. The Bertz CT molecular complexity index is 415. The van der Waals surface area contributed by atoms with Crippen molar-refractivity contribution in [3.05, 3.63) is 29.8 Å². The lowest BCUT2D eigenvalue weighted by Crippen LogP contribution is -2.48. The highest BCUT2D eigenvalue weighted by atomic mass is 16.3. The Hall–Kier alpha value is -1.55. The van der Waals surface area contributed by atoms with Gasteiger partial charge in [0, 0.05) is 19.1 Å². The largest absolute Gasteiger partial charge is 0.508 e. The molecular formula is C15H22N2O2. The van der Waals surface area contributed by atoms with Crippen LogP contribution in [-0.4, -0.2) is 42.1 Å². The van der Waals surface area contributed by atoms with Crippen LogP contribution in [0.2, 0.25) is 0 Å². The fourth-order valence-electron chi connectivity index (χ4n) is 2.67. The topological polar surface area (TPSA) is 52.6 Å². The van der Waals surface area contributed by atoms with Gasteiger partial charge in [0.05, 0.1) is 6.42 Å². The molecule has 1 amide bonds. The number of likely N-dealkylation sites (tertiary alicyclic amines) is 1. The van der Waals surface area contributed by atoms with E-state index in [4.69, 9.17) is 0 Å². The van der Waals surface area contributed by atoms with Gasteiger partial charge in [0.25, 0.3) is 0 Å². The van der Waals surface area contributed by atoms with Crippen molar-refractivity contribution in [2.75, 3.05) is 20.1 Å². The number of hydrogen-bond acceptors (Lipinski definition) is 3. The van der Waals surface area contributed by atoms with Crippen molar-refractivity contribution >= 4 is 5.91 Å². The Labute approximate surface area is 114 Å². The summed E-state index contributed by atoms with van der Waals surface area (Å²) in [5.74, 6) is 0.424. The minimum atomic E-state index is 0.186. The number of rotatable bonds is 4. The molecule has 4 heteroatoms. The van der Waals surface area contributed by atoms with Gasteiger partial charge in [-0.3, -0.25) is 4.79 Å². The summed E-state index contributed by atoms with van der Waals surface area (Å²) >= 11 is 0. The monoisotopic (exact) mass is 262 g/mol. The summed E-state index contributed by atoms with van der Waals surface area (Å²) in [5, 5.41) is 12.4. The normalized spacial score (nSPS) is 19.4.